The van der Waals surface area contributed by atoms with Crippen molar-refractivity contribution in [3.8, 4) is 0 Å². The minimum absolute atomic E-state index is 0.278. The lowest BCUT2D eigenvalue weighted by Crippen LogP contribution is -2.29. The Balaban J connectivity index is 2.78. The highest BCUT2D eigenvalue weighted by Gasteiger charge is 2.21. The molecule has 2 heterocycles. The van der Waals surface area contributed by atoms with E-state index >= 15 is 0 Å². The summed E-state index contributed by atoms with van der Waals surface area (Å²) < 4.78 is 1.25. The standard InChI is InChI=1S/C12H14N2O3S2/c1-4-7-5-8-9(19-7)13-12(18-3)14(10(8)15)6(2)11(16)17/h5-6H,4H2,1-3H3,(H,16,17). The Labute approximate surface area is 118 Å². The maximum atomic E-state index is 12.4. The zero-order valence-electron chi connectivity index (χ0n) is 10.8. The molecule has 0 aliphatic heterocycles. The molecule has 0 aliphatic rings. The highest BCUT2D eigenvalue weighted by atomic mass is 32.2. The summed E-state index contributed by atoms with van der Waals surface area (Å²) in [5.74, 6) is -1.04. The van der Waals surface area contributed by atoms with E-state index in [9.17, 15) is 9.59 Å². The van der Waals surface area contributed by atoms with Gasteiger partial charge in [-0.05, 0) is 25.7 Å². The van der Waals surface area contributed by atoms with Gasteiger partial charge < -0.3 is 5.11 Å². The van der Waals surface area contributed by atoms with Crippen LogP contribution in [0.5, 0.6) is 0 Å². The molecular weight excluding hydrogens is 284 g/mol. The first-order valence-electron chi connectivity index (χ1n) is 5.81. The molecule has 7 heteroatoms. The zero-order valence-corrected chi connectivity index (χ0v) is 12.5. The van der Waals surface area contributed by atoms with E-state index in [0.29, 0.717) is 15.4 Å². The van der Waals surface area contributed by atoms with Crippen LogP contribution in [0.4, 0.5) is 0 Å². The number of carboxylic acids is 1. The third-order valence-corrected chi connectivity index (χ3v) is 4.72. The number of aliphatic carboxylic acids is 1. The van der Waals surface area contributed by atoms with Crippen molar-refractivity contribution in [3.05, 3.63) is 21.3 Å². The topological polar surface area (TPSA) is 72.2 Å². The number of thiophene rings is 1. The highest BCUT2D eigenvalue weighted by Crippen LogP contribution is 2.25. The van der Waals surface area contributed by atoms with Crippen molar-refractivity contribution in [2.24, 2.45) is 0 Å². The number of thioether (sulfide) groups is 1. The lowest BCUT2D eigenvalue weighted by Gasteiger charge is -2.14. The van der Waals surface area contributed by atoms with Gasteiger partial charge in [-0.25, -0.2) is 9.78 Å². The summed E-state index contributed by atoms with van der Waals surface area (Å²) >= 11 is 2.77. The van der Waals surface area contributed by atoms with E-state index in [4.69, 9.17) is 5.11 Å². The van der Waals surface area contributed by atoms with Gasteiger partial charge in [-0.3, -0.25) is 9.36 Å². The molecule has 0 amide bonds. The van der Waals surface area contributed by atoms with Gasteiger partial charge in [0.15, 0.2) is 5.16 Å². The first kappa shape index (κ1) is 14.1. The van der Waals surface area contributed by atoms with Gasteiger partial charge in [0.05, 0.1) is 5.39 Å². The number of hydrogen-bond acceptors (Lipinski definition) is 5. The van der Waals surface area contributed by atoms with Crippen LogP contribution in [0.25, 0.3) is 10.2 Å². The molecule has 0 spiro atoms. The Kier molecular flexibility index (Phi) is 3.96. The van der Waals surface area contributed by atoms with Crippen molar-refractivity contribution in [3.63, 3.8) is 0 Å². The Morgan fingerprint density at radius 1 is 1.63 bits per heavy atom. The van der Waals surface area contributed by atoms with Gasteiger partial charge >= 0.3 is 5.97 Å². The number of carboxylic acid groups (broad SMARTS) is 1. The number of aryl methyl sites for hydroxylation is 1. The maximum Gasteiger partial charge on any atom is 0.326 e. The average molecular weight is 298 g/mol. The fourth-order valence-corrected chi connectivity index (χ4v) is 3.43. The van der Waals surface area contributed by atoms with Crippen molar-refractivity contribution >= 4 is 39.3 Å². The molecule has 0 aromatic carbocycles. The molecular formula is C12H14N2O3S2. The number of carbonyl (C=O) groups is 1. The molecule has 0 radical (unpaired) electrons. The first-order chi connectivity index (χ1) is 8.99. The predicted octanol–water partition coefficient (Wildman–Crippen LogP) is 2.39. The van der Waals surface area contributed by atoms with E-state index in [1.807, 2.05) is 13.0 Å². The van der Waals surface area contributed by atoms with Crippen molar-refractivity contribution in [1.82, 2.24) is 9.55 Å². The molecule has 2 aromatic rings. The van der Waals surface area contributed by atoms with E-state index in [1.54, 1.807) is 6.26 Å². The predicted molar refractivity (Wildman–Crippen MR) is 77.4 cm³/mol. The monoisotopic (exact) mass is 298 g/mol. The fraction of sp³-hybridized carbons (Fsp3) is 0.417. The molecule has 2 rings (SSSR count). The van der Waals surface area contributed by atoms with Crippen molar-refractivity contribution in [2.75, 3.05) is 6.26 Å². The van der Waals surface area contributed by atoms with E-state index < -0.39 is 12.0 Å². The van der Waals surface area contributed by atoms with Crippen LogP contribution < -0.4 is 5.56 Å². The SMILES string of the molecule is CCc1cc2c(=O)n(C(C)C(=O)O)c(SC)nc2s1. The second kappa shape index (κ2) is 5.34. The Morgan fingerprint density at radius 2 is 2.32 bits per heavy atom. The summed E-state index contributed by atoms with van der Waals surface area (Å²) in [6.45, 7) is 3.50. The van der Waals surface area contributed by atoms with Gasteiger partial charge in [-0.2, -0.15) is 0 Å². The molecule has 0 fully saturated rings. The van der Waals surface area contributed by atoms with Gasteiger partial charge in [0, 0.05) is 4.88 Å². The van der Waals surface area contributed by atoms with Crippen molar-refractivity contribution < 1.29 is 9.90 Å². The molecule has 102 valence electrons. The van der Waals surface area contributed by atoms with Gasteiger partial charge in [0.2, 0.25) is 0 Å². The van der Waals surface area contributed by atoms with Crippen LogP contribution in [0.3, 0.4) is 0 Å². The lowest BCUT2D eigenvalue weighted by molar-refractivity contribution is -0.140. The van der Waals surface area contributed by atoms with Crippen LogP contribution in [0.15, 0.2) is 16.0 Å². The molecule has 1 atom stereocenters. The van der Waals surface area contributed by atoms with Crippen LogP contribution in [-0.4, -0.2) is 26.9 Å². The minimum Gasteiger partial charge on any atom is -0.480 e. The molecule has 19 heavy (non-hydrogen) atoms. The second-order valence-electron chi connectivity index (χ2n) is 4.07. The van der Waals surface area contributed by atoms with Gasteiger partial charge in [0.1, 0.15) is 10.9 Å². The van der Waals surface area contributed by atoms with E-state index in [1.165, 1.54) is 34.6 Å². The lowest BCUT2D eigenvalue weighted by atomic mass is 10.3. The molecule has 0 bridgehead atoms. The number of hydrogen-bond donors (Lipinski definition) is 1. The smallest absolute Gasteiger partial charge is 0.326 e. The van der Waals surface area contributed by atoms with E-state index in [-0.39, 0.29) is 5.56 Å². The van der Waals surface area contributed by atoms with Crippen LogP contribution in [0, 0.1) is 0 Å². The van der Waals surface area contributed by atoms with Crippen LogP contribution in [-0.2, 0) is 11.2 Å². The molecule has 1 unspecified atom stereocenters. The summed E-state index contributed by atoms with van der Waals surface area (Å²) in [7, 11) is 0. The molecule has 0 saturated heterocycles. The Bertz CT molecular complexity index is 690. The van der Waals surface area contributed by atoms with Crippen molar-refractivity contribution in [1.29, 1.82) is 0 Å². The van der Waals surface area contributed by atoms with E-state index in [0.717, 1.165) is 11.3 Å². The summed E-state index contributed by atoms with van der Waals surface area (Å²) in [6, 6.07) is 0.890. The number of aromatic nitrogens is 2. The van der Waals surface area contributed by atoms with Gasteiger partial charge in [-0.1, -0.05) is 18.7 Å². The maximum absolute atomic E-state index is 12.4. The average Bonchev–Trinajstić information content (AvgIpc) is 2.81. The van der Waals surface area contributed by atoms with Crippen LogP contribution in [0.2, 0.25) is 0 Å². The van der Waals surface area contributed by atoms with Gasteiger partial charge in [0.25, 0.3) is 5.56 Å². The highest BCUT2D eigenvalue weighted by molar-refractivity contribution is 7.98. The quantitative estimate of drug-likeness (QED) is 0.693. The molecule has 5 nitrogen and oxygen atoms in total. The number of rotatable bonds is 4. The third kappa shape index (κ3) is 2.40. The normalized spacial score (nSPS) is 12.8. The molecule has 0 aliphatic carbocycles. The van der Waals surface area contributed by atoms with Gasteiger partial charge in [-0.15, -0.1) is 11.3 Å². The first-order valence-corrected chi connectivity index (χ1v) is 7.85. The second-order valence-corrected chi connectivity index (χ2v) is 5.96. The Hall–Kier alpha value is -1.34. The third-order valence-electron chi connectivity index (χ3n) is 2.89. The van der Waals surface area contributed by atoms with E-state index in [2.05, 4.69) is 4.98 Å². The largest absolute Gasteiger partial charge is 0.480 e. The summed E-state index contributed by atoms with van der Waals surface area (Å²) in [6.07, 6.45) is 2.62. The number of nitrogens with zero attached hydrogens (tertiary/aromatic N) is 2. The Morgan fingerprint density at radius 3 is 2.84 bits per heavy atom. The van der Waals surface area contributed by atoms with Crippen LogP contribution >= 0.6 is 23.1 Å². The number of fused-ring (bicyclic) bond motifs is 1. The molecule has 1 N–H and O–H groups in total. The molecule has 0 saturated carbocycles. The summed E-state index contributed by atoms with van der Waals surface area (Å²) in [5.41, 5.74) is -0.278. The zero-order chi connectivity index (χ0) is 14.2. The molecule has 2 aromatic heterocycles. The van der Waals surface area contributed by atoms with Crippen molar-refractivity contribution in [2.45, 2.75) is 31.5 Å². The minimum atomic E-state index is -1.04. The summed E-state index contributed by atoms with van der Waals surface area (Å²) in [4.78, 5) is 29.7. The fourth-order valence-electron chi connectivity index (χ4n) is 1.80. The van der Waals surface area contributed by atoms with Crippen LogP contribution in [0.1, 0.15) is 24.8 Å². The summed E-state index contributed by atoms with van der Waals surface area (Å²) in [5, 5.41) is 10.1.